The predicted molar refractivity (Wildman–Crippen MR) is 69.1 cm³/mol. The van der Waals surface area contributed by atoms with Gasteiger partial charge < -0.3 is 9.84 Å². The number of halogens is 1. The summed E-state index contributed by atoms with van der Waals surface area (Å²) in [5.74, 6) is -2.26. The smallest absolute Gasteiger partial charge is 0.337 e. The van der Waals surface area contributed by atoms with Crippen LogP contribution in [0.3, 0.4) is 0 Å². The molecule has 0 aliphatic carbocycles. The minimum atomic E-state index is -1.35. The Morgan fingerprint density at radius 2 is 2.14 bits per heavy atom. The van der Waals surface area contributed by atoms with E-state index < -0.39 is 28.3 Å². The average Bonchev–Trinajstić information content (AvgIpc) is 2.42. The number of aromatic carboxylic acids is 1. The number of carboxylic acid groups (broad SMARTS) is 1. The van der Waals surface area contributed by atoms with Crippen molar-refractivity contribution in [3.05, 3.63) is 57.5 Å². The number of aromatic nitrogens is 1. The Kier molecular flexibility index (Phi) is 3.79. The highest BCUT2D eigenvalue weighted by molar-refractivity contribution is 5.88. The molecule has 0 fully saturated rings. The van der Waals surface area contributed by atoms with Crippen molar-refractivity contribution < 1.29 is 24.0 Å². The first kappa shape index (κ1) is 14.4. The maximum absolute atomic E-state index is 13.2. The number of benzene rings is 1. The van der Waals surface area contributed by atoms with Crippen LogP contribution in [-0.2, 0) is 0 Å². The van der Waals surface area contributed by atoms with Crippen molar-refractivity contribution in [1.82, 2.24) is 4.98 Å². The monoisotopic (exact) mass is 292 g/mol. The van der Waals surface area contributed by atoms with E-state index in [4.69, 9.17) is 9.84 Å². The van der Waals surface area contributed by atoms with Gasteiger partial charge in [0.2, 0.25) is 0 Å². The first-order valence-corrected chi connectivity index (χ1v) is 5.70. The fourth-order valence-corrected chi connectivity index (χ4v) is 1.56. The summed E-state index contributed by atoms with van der Waals surface area (Å²) < 4.78 is 18.4. The Morgan fingerprint density at radius 3 is 2.76 bits per heavy atom. The van der Waals surface area contributed by atoms with Crippen LogP contribution in [0.25, 0.3) is 0 Å². The Balaban J connectivity index is 2.46. The van der Waals surface area contributed by atoms with E-state index >= 15 is 0 Å². The zero-order valence-electron chi connectivity index (χ0n) is 10.7. The minimum absolute atomic E-state index is 0.0636. The molecule has 1 N–H and O–H groups in total. The van der Waals surface area contributed by atoms with Gasteiger partial charge in [-0.05, 0) is 18.6 Å². The van der Waals surface area contributed by atoms with Crippen molar-refractivity contribution in [3.8, 4) is 11.6 Å². The van der Waals surface area contributed by atoms with E-state index in [9.17, 15) is 19.3 Å². The van der Waals surface area contributed by atoms with Gasteiger partial charge in [-0.15, -0.1) is 0 Å². The van der Waals surface area contributed by atoms with Gasteiger partial charge in [-0.3, -0.25) is 10.1 Å². The first-order chi connectivity index (χ1) is 9.88. The second-order valence-corrected chi connectivity index (χ2v) is 4.12. The number of nitrogens with zero attached hydrogens (tertiary/aromatic N) is 2. The second-order valence-electron chi connectivity index (χ2n) is 4.12. The molecule has 0 saturated heterocycles. The molecule has 8 heteroatoms. The van der Waals surface area contributed by atoms with Crippen molar-refractivity contribution in [2.45, 2.75) is 6.92 Å². The van der Waals surface area contributed by atoms with E-state index in [0.29, 0.717) is 5.56 Å². The van der Waals surface area contributed by atoms with Crippen LogP contribution in [0.15, 0.2) is 30.5 Å². The summed E-state index contributed by atoms with van der Waals surface area (Å²) in [6.07, 6.45) is 0.930. The van der Waals surface area contributed by atoms with Gasteiger partial charge in [-0.1, -0.05) is 6.07 Å². The van der Waals surface area contributed by atoms with Gasteiger partial charge >= 0.3 is 11.7 Å². The lowest BCUT2D eigenvalue weighted by Crippen LogP contribution is -2.02. The topological polar surface area (TPSA) is 103 Å². The molecule has 7 nitrogen and oxygen atoms in total. The molecular weight excluding hydrogens is 283 g/mol. The largest absolute Gasteiger partial charge is 0.478 e. The normalized spacial score (nSPS) is 10.2. The van der Waals surface area contributed by atoms with Gasteiger partial charge in [0, 0.05) is 18.3 Å². The van der Waals surface area contributed by atoms with Crippen molar-refractivity contribution in [1.29, 1.82) is 0 Å². The molecule has 1 aromatic heterocycles. The molecule has 21 heavy (non-hydrogen) atoms. The van der Waals surface area contributed by atoms with Gasteiger partial charge in [0.05, 0.1) is 10.5 Å². The summed E-state index contributed by atoms with van der Waals surface area (Å²) >= 11 is 0. The predicted octanol–water partition coefficient (Wildman–Crippen LogP) is 2.93. The van der Waals surface area contributed by atoms with Gasteiger partial charge in [0.25, 0.3) is 5.88 Å². The lowest BCUT2D eigenvalue weighted by Gasteiger charge is -2.08. The molecule has 2 rings (SSSR count). The summed E-state index contributed by atoms with van der Waals surface area (Å²) in [4.78, 5) is 24.6. The maximum atomic E-state index is 13.2. The SMILES string of the molecule is Cc1ccc(F)cc1Oc1ncc(C(=O)O)cc1[N+](=O)[O-]. The molecule has 0 aliphatic heterocycles. The molecule has 0 aliphatic rings. The molecule has 0 atom stereocenters. The standard InChI is InChI=1S/C13H9FN2O5/c1-7-2-3-9(14)5-11(7)21-12-10(16(19)20)4-8(6-15-12)13(17)18/h2-6H,1H3,(H,17,18). The van der Waals surface area contributed by atoms with Crippen molar-refractivity contribution in [3.63, 3.8) is 0 Å². The van der Waals surface area contributed by atoms with Crippen molar-refractivity contribution in [2.24, 2.45) is 0 Å². The Hall–Kier alpha value is -3.03. The van der Waals surface area contributed by atoms with Crippen LogP contribution in [0, 0.1) is 22.9 Å². The number of ether oxygens (including phenoxy) is 1. The Labute approximate surface area is 117 Å². The quantitative estimate of drug-likeness (QED) is 0.686. The van der Waals surface area contributed by atoms with E-state index in [-0.39, 0.29) is 11.3 Å². The van der Waals surface area contributed by atoms with Crippen molar-refractivity contribution >= 4 is 11.7 Å². The molecule has 0 bridgehead atoms. The number of nitro groups is 1. The molecule has 0 saturated carbocycles. The van der Waals surface area contributed by atoms with Crippen LogP contribution < -0.4 is 4.74 Å². The van der Waals surface area contributed by atoms with E-state index in [2.05, 4.69) is 4.98 Å². The molecule has 1 heterocycles. The fraction of sp³-hybridized carbons (Fsp3) is 0.0769. The van der Waals surface area contributed by atoms with E-state index in [1.807, 2.05) is 0 Å². The number of carbonyl (C=O) groups is 1. The number of hydrogen-bond donors (Lipinski definition) is 1. The number of carboxylic acids is 1. The minimum Gasteiger partial charge on any atom is -0.478 e. The maximum Gasteiger partial charge on any atom is 0.337 e. The lowest BCUT2D eigenvalue weighted by atomic mass is 10.2. The van der Waals surface area contributed by atoms with E-state index in [1.54, 1.807) is 6.92 Å². The van der Waals surface area contributed by atoms with Gasteiger partial charge in [-0.2, -0.15) is 0 Å². The lowest BCUT2D eigenvalue weighted by molar-refractivity contribution is -0.386. The highest BCUT2D eigenvalue weighted by atomic mass is 19.1. The summed E-state index contributed by atoms with van der Waals surface area (Å²) in [7, 11) is 0. The summed E-state index contributed by atoms with van der Waals surface area (Å²) in [6, 6.07) is 4.56. The Bertz CT molecular complexity index is 732. The second kappa shape index (κ2) is 5.53. The summed E-state index contributed by atoms with van der Waals surface area (Å²) in [6.45, 7) is 1.63. The summed E-state index contributed by atoms with van der Waals surface area (Å²) in [5.41, 5.74) is -0.404. The van der Waals surface area contributed by atoms with Crippen LogP contribution in [0.2, 0.25) is 0 Å². The number of aryl methyl sites for hydroxylation is 1. The molecule has 1 aromatic carbocycles. The molecule has 0 spiro atoms. The highest BCUT2D eigenvalue weighted by Crippen LogP contribution is 2.31. The molecule has 0 unspecified atom stereocenters. The molecule has 108 valence electrons. The van der Waals surface area contributed by atoms with Crippen LogP contribution in [0.5, 0.6) is 11.6 Å². The third kappa shape index (κ3) is 3.11. The zero-order valence-corrected chi connectivity index (χ0v) is 10.7. The van der Waals surface area contributed by atoms with Gasteiger partial charge in [-0.25, -0.2) is 14.2 Å². The third-order valence-corrected chi connectivity index (χ3v) is 2.63. The molecular formula is C13H9FN2O5. The first-order valence-electron chi connectivity index (χ1n) is 5.70. The fourth-order valence-electron chi connectivity index (χ4n) is 1.56. The third-order valence-electron chi connectivity index (χ3n) is 2.63. The summed E-state index contributed by atoms with van der Waals surface area (Å²) in [5, 5.41) is 19.8. The Morgan fingerprint density at radius 1 is 1.43 bits per heavy atom. The van der Waals surface area contributed by atoms with E-state index in [1.165, 1.54) is 12.1 Å². The van der Waals surface area contributed by atoms with Crippen LogP contribution >= 0.6 is 0 Å². The number of hydrogen-bond acceptors (Lipinski definition) is 5. The van der Waals surface area contributed by atoms with E-state index in [0.717, 1.165) is 18.3 Å². The van der Waals surface area contributed by atoms with Crippen LogP contribution in [0.1, 0.15) is 15.9 Å². The number of rotatable bonds is 4. The van der Waals surface area contributed by atoms with Gasteiger partial charge in [0.15, 0.2) is 0 Å². The zero-order chi connectivity index (χ0) is 15.6. The molecule has 2 aromatic rings. The molecule has 0 amide bonds. The molecule has 0 radical (unpaired) electrons. The van der Waals surface area contributed by atoms with Crippen LogP contribution in [0.4, 0.5) is 10.1 Å². The number of pyridine rings is 1. The van der Waals surface area contributed by atoms with Gasteiger partial charge in [0.1, 0.15) is 11.6 Å². The van der Waals surface area contributed by atoms with Crippen molar-refractivity contribution in [2.75, 3.05) is 0 Å². The average molecular weight is 292 g/mol. The van der Waals surface area contributed by atoms with Crippen LogP contribution in [-0.4, -0.2) is 21.0 Å². The highest BCUT2D eigenvalue weighted by Gasteiger charge is 2.21.